The second kappa shape index (κ2) is 10.6. The molecule has 2 fully saturated rings. The molecule has 3 rings (SSSR count). The molecule has 1 aromatic carbocycles. The quantitative estimate of drug-likeness (QED) is 0.349. The van der Waals surface area contributed by atoms with Crippen molar-refractivity contribution >= 4 is 59.5 Å². The van der Waals surface area contributed by atoms with Crippen molar-refractivity contribution in [2.24, 2.45) is 5.92 Å². The first-order chi connectivity index (χ1) is 16.4. The summed E-state index contributed by atoms with van der Waals surface area (Å²) in [5, 5.41) is 5.40. The maximum atomic E-state index is 12.9. The Morgan fingerprint density at radius 3 is 2.60 bits per heavy atom. The number of nitrogens with one attached hydrogen (secondary N) is 2. The van der Waals surface area contributed by atoms with Gasteiger partial charge >= 0.3 is 12.7 Å². The van der Waals surface area contributed by atoms with Crippen LogP contribution in [0.4, 0.5) is 0 Å². The number of carbonyl (C=O) groups is 5. The molecule has 2 bridgehead atoms. The highest BCUT2D eigenvalue weighted by Gasteiger charge is 2.67. The number of Topliss-reactive ketones (excluding diaryl/α,β-unsaturated/α-hetero) is 1. The van der Waals surface area contributed by atoms with Gasteiger partial charge in [-0.15, -0.1) is 0 Å². The molecule has 2 heterocycles. The second-order valence-corrected chi connectivity index (χ2v) is 10.1. The molecule has 13 heteroatoms. The average molecular weight is 529 g/mol. The van der Waals surface area contributed by atoms with Gasteiger partial charge in [-0.3, -0.25) is 19.2 Å². The number of carboxylic acids is 1. The molecule has 0 aliphatic carbocycles. The molecule has 2 aliphatic rings. The number of aliphatic carboxylic acids is 1. The average Bonchev–Trinajstić information content (AvgIpc) is 2.98. The Kier molecular flexibility index (Phi) is 8.13. The van der Waals surface area contributed by atoms with E-state index in [0.29, 0.717) is 11.4 Å². The van der Waals surface area contributed by atoms with Gasteiger partial charge < -0.3 is 24.6 Å². The third-order valence-corrected chi connectivity index (χ3v) is 6.57. The number of amides is 2. The summed E-state index contributed by atoms with van der Waals surface area (Å²) in [6.07, 6.45) is -0.644. The lowest BCUT2D eigenvalue weighted by Crippen LogP contribution is -2.58. The number of hydrogen-bond donors (Lipinski definition) is 2. The van der Waals surface area contributed by atoms with Crippen molar-refractivity contribution in [1.82, 2.24) is 10.6 Å². The van der Waals surface area contributed by atoms with E-state index in [1.54, 1.807) is 0 Å². The molecule has 3 N–H and O–H groups in total. The molecule has 35 heavy (non-hydrogen) atoms. The molecule has 2 aliphatic heterocycles. The van der Waals surface area contributed by atoms with Crippen molar-refractivity contribution in [3.63, 3.8) is 0 Å². The molecule has 0 saturated carbocycles. The SMILES string of the molecule is CNC(=O)C[C@@]12CC(=O)[OH+][B-]([C@@H](CC(=O)CNC(=O)c3cc(Cl)ccc3Cl)CC(C)C)(OC1=O)O2. The molecule has 0 spiro atoms. The monoisotopic (exact) mass is 528 g/mol. The van der Waals surface area contributed by atoms with Crippen molar-refractivity contribution in [2.75, 3.05) is 13.6 Å². The van der Waals surface area contributed by atoms with Gasteiger partial charge in [-0.05, 0) is 36.4 Å². The minimum Gasteiger partial charge on any atom is -0.718 e. The first kappa shape index (κ1) is 27.0. The number of rotatable bonds is 10. The fraction of sp³-hybridized carbons (Fsp3) is 0.500. The minimum absolute atomic E-state index is 0.0346. The van der Waals surface area contributed by atoms with E-state index < -0.39 is 60.6 Å². The van der Waals surface area contributed by atoms with Crippen LogP contribution in [0.1, 0.15) is 49.9 Å². The number of halogens is 2. The Morgan fingerprint density at radius 1 is 1.23 bits per heavy atom. The van der Waals surface area contributed by atoms with Gasteiger partial charge in [-0.25, -0.2) is 0 Å². The Morgan fingerprint density at radius 2 is 1.94 bits per heavy atom. The molecule has 3 atom stereocenters. The van der Waals surface area contributed by atoms with E-state index in [1.807, 2.05) is 13.8 Å². The van der Waals surface area contributed by atoms with E-state index >= 15 is 0 Å². The van der Waals surface area contributed by atoms with Gasteiger partial charge in [0.1, 0.15) is 12.2 Å². The van der Waals surface area contributed by atoms with Gasteiger partial charge in [0, 0.05) is 16.9 Å². The summed E-state index contributed by atoms with van der Waals surface area (Å²) in [5.41, 5.74) is -1.65. The Balaban J connectivity index is 1.76. The van der Waals surface area contributed by atoms with E-state index in [-0.39, 0.29) is 29.5 Å². The van der Waals surface area contributed by atoms with Crippen molar-refractivity contribution in [1.29, 1.82) is 0 Å². The predicted molar refractivity (Wildman–Crippen MR) is 128 cm³/mol. The van der Waals surface area contributed by atoms with Gasteiger partial charge in [0.15, 0.2) is 5.60 Å². The zero-order chi connectivity index (χ0) is 26.0. The zero-order valence-corrected chi connectivity index (χ0v) is 21.1. The number of hydrogen-bond acceptors (Lipinski definition) is 7. The summed E-state index contributed by atoms with van der Waals surface area (Å²) in [6, 6.07) is 4.39. The smallest absolute Gasteiger partial charge is 0.576 e. The van der Waals surface area contributed by atoms with E-state index in [9.17, 15) is 24.0 Å². The van der Waals surface area contributed by atoms with E-state index in [1.165, 1.54) is 25.2 Å². The van der Waals surface area contributed by atoms with Crippen molar-refractivity contribution < 1.29 is 37.9 Å². The fourth-order valence-electron chi connectivity index (χ4n) is 4.46. The molecular formula is C22H27BCl2N2O8. The van der Waals surface area contributed by atoms with Gasteiger partial charge in [0.2, 0.25) is 5.91 Å². The van der Waals surface area contributed by atoms with Gasteiger partial charge in [-0.1, -0.05) is 43.5 Å². The number of ketones is 1. The number of fused-ring (bicyclic) bond motifs is 2. The first-order valence-corrected chi connectivity index (χ1v) is 11.9. The zero-order valence-electron chi connectivity index (χ0n) is 19.6. The van der Waals surface area contributed by atoms with Crippen LogP contribution in [-0.4, -0.2) is 60.1 Å². The number of benzene rings is 1. The minimum atomic E-state index is -2.85. The summed E-state index contributed by atoms with van der Waals surface area (Å²) < 4.78 is 15.6. The summed E-state index contributed by atoms with van der Waals surface area (Å²) in [4.78, 5) is 62.6. The highest BCUT2D eigenvalue weighted by atomic mass is 35.5. The van der Waals surface area contributed by atoms with Crippen LogP contribution >= 0.6 is 23.2 Å². The van der Waals surface area contributed by atoms with Crippen molar-refractivity contribution in [3.05, 3.63) is 33.8 Å². The molecule has 0 radical (unpaired) electrons. The highest BCUT2D eigenvalue weighted by molar-refractivity contribution is 6.67. The first-order valence-electron chi connectivity index (χ1n) is 11.2. The van der Waals surface area contributed by atoms with Gasteiger partial charge in [-0.2, -0.15) is 0 Å². The third kappa shape index (κ3) is 5.96. The molecule has 2 amide bonds. The standard InChI is InChI=1S/C22H27BCl2N2O8/c1-12(2)6-13(7-15(28)11-27-20(31)16-8-14(24)4-5-17(16)25)23-33-19(30)10-22(35-23,21(32)34-23)9-18(29)26-3/h4-5,8,12-13,33H,6-7,9-11H2,1-3H3,(H,26,29)(H,27,31)/t13-,22-,23?/m1/s1. The van der Waals surface area contributed by atoms with Crippen LogP contribution in [0.5, 0.6) is 0 Å². The summed E-state index contributed by atoms with van der Waals surface area (Å²) in [7, 11) is 1.40. The van der Waals surface area contributed by atoms with Crippen LogP contribution < -0.4 is 10.6 Å². The normalized spacial score (nSPS) is 23.9. The largest absolute Gasteiger partial charge is 0.718 e. The van der Waals surface area contributed by atoms with Crippen LogP contribution in [-0.2, 0) is 28.5 Å². The third-order valence-electron chi connectivity index (χ3n) is 6.01. The van der Waals surface area contributed by atoms with Crippen LogP contribution in [0.3, 0.4) is 0 Å². The summed E-state index contributed by atoms with van der Waals surface area (Å²) >= 11 is 12.0. The summed E-state index contributed by atoms with van der Waals surface area (Å²) in [5.74, 6) is -3.67. The van der Waals surface area contributed by atoms with Crippen LogP contribution in [0.25, 0.3) is 0 Å². The van der Waals surface area contributed by atoms with Gasteiger partial charge in [0.25, 0.3) is 11.9 Å². The second-order valence-electron chi connectivity index (χ2n) is 9.23. The maximum Gasteiger partial charge on any atom is 0.576 e. The molecule has 1 aromatic rings. The molecule has 2 saturated heterocycles. The Bertz CT molecular complexity index is 1070. The lowest BCUT2D eigenvalue weighted by Gasteiger charge is -2.43. The van der Waals surface area contributed by atoms with E-state index in [4.69, 9.17) is 32.5 Å². The number of carbonyl (C=O) groups excluding carboxylic acids is 4. The maximum absolute atomic E-state index is 12.9. The van der Waals surface area contributed by atoms with Crippen molar-refractivity contribution in [3.8, 4) is 0 Å². The molecule has 190 valence electrons. The summed E-state index contributed by atoms with van der Waals surface area (Å²) in [6.45, 7) is 0.598. The van der Waals surface area contributed by atoms with E-state index in [2.05, 4.69) is 15.3 Å². The lowest BCUT2D eigenvalue weighted by molar-refractivity contribution is -0.169. The van der Waals surface area contributed by atoms with E-state index in [0.717, 1.165) is 0 Å². The topological polar surface area (TPSA) is 141 Å². The molecular weight excluding hydrogens is 502 g/mol. The molecule has 0 aromatic heterocycles. The molecule has 1 unspecified atom stereocenters. The van der Waals surface area contributed by atoms with Crippen LogP contribution in [0.15, 0.2) is 18.2 Å². The van der Waals surface area contributed by atoms with Crippen LogP contribution in [0.2, 0.25) is 15.9 Å². The highest BCUT2D eigenvalue weighted by Crippen LogP contribution is 2.47. The lowest BCUT2D eigenvalue weighted by atomic mass is 9.57. The van der Waals surface area contributed by atoms with Crippen molar-refractivity contribution in [2.45, 2.75) is 50.9 Å². The Hall–Kier alpha value is -2.63. The molecule has 10 nitrogen and oxygen atoms in total. The Labute approximate surface area is 212 Å². The predicted octanol–water partition coefficient (Wildman–Crippen LogP) is 1.94. The fourth-order valence-corrected chi connectivity index (χ4v) is 4.83. The van der Waals surface area contributed by atoms with Gasteiger partial charge in [0.05, 0.1) is 23.6 Å². The van der Waals surface area contributed by atoms with Crippen LogP contribution in [0, 0.1) is 5.92 Å².